The number of aryl methyl sites for hydroxylation is 1. The molecule has 0 atom stereocenters. The number of anilines is 1. The fraction of sp³-hybridized carbons (Fsp3) is 0.250. The summed E-state index contributed by atoms with van der Waals surface area (Å²) >= 11 is 13.8. The van der Waals surface area contributed by atoms with Gasteiger partial charge in [0, 0.05) is 42.1 Å². The van der Waals surface area contributed by atoms with Gasteiger partial charge in [-0.1, -0.05) is 40.9 Å². The molecule has 1 fully saturated rings. The summed E-state index contributed by atoms with van der Waals surface area (Å²) in [7, 11) is -3.47. The third kappa shape index (κ3) is 4.29. The van der Waals surface area contributed by atoms with Gasteiger partial charge in [0.05, 0.1) is 15.6 Å². The lowest BCUT2D eigenvalue weighted by atomic mass is 10.2. The number of hydrogen-bond acceptors (Lipinski definition) is 5. The van der Waals surface area contributed by atoms with Crippen LogP contribution in [-0.2, 0) is 10.0 Å². The van der Waals surface area contributed by atoms with Crippen LogP contribution in [0, 0.1) is 6.92 Å². The topological polar surface area (TPSA) is 53.5 Å². The van der Waals surface area contributed by atoms with Crippen molar-refractivity contribution in [3.63, 3.8) is 0 Å². The molecule has 3 aromatic rings. The third-order valence-corrected chi connectivity index (χ3v) is 8.23. The number of thiazole rings is 1. The smallest absolute Gasteiger partial charge is 0.243 e. The Kier molecular flexibility index (Phi) is 5.86. The number of piperazine rings is 1. The number of rotatable bonds is 4. The van der Waals surface area contributed by atoms with E-state index in [-0.39, 0.29) is 0 Å². The maximum absolute atomic E-state index is 12.9. The molecule has 0 unspecified atom stereocenters. The molecule has 0 amide bonds. The Bertz CT molecular complexity index is 1120. The Morgan fingerprint density at radius 2 is 1.69 bits per heavy atom. The van der Waals surface area contributed by atoms with E-state index in [0.29, 0.717) is 41.1 Å². The highest BCUT2D eigenvalue weighted by Gasteiger charge is 2.29. The van der Waals surface area contributed by atoms with Gasteiger partial charge in [0.15, 0.2) is 5.13 Å². The molecular weight excluding hydrogens is 449 g/mol. The number of halogens is 2. The van der Waals surface area contributed by atoms with Crippen molar-refractivity contribution in [3.8, 4) is 11.3 Å². The van der Waals surface area contributed by atoms with Crippen LogP contribution < -0.4 is 4.90 Å². The van der Waals surface area contributed by atoms with Crippen LogP contribution in [0.3, 0.4) is 0 Å². The number of hydrogen-bond donors (Lipinski definition) is 0. The molecule has 0 aliphatic carbocycles. The van der Waals surface area contributed by atoms with Gasteiger partial charge in [-0.3, -0.25) is 0 Å². The lowest BCUT2D eigenvalue weighted by Gasteiger charge is -2.33. The predicted molar refractivity (Wildman–Crippen MR) is 120 cm³/mol. The van der Waals surface area contributed by atoms with E-state index in [0.717, 1.165) is 22.0 Å². The summed E-state index contributed by atoms with van der Waals surface area (Å²) in [6, 6.07) is 12.3. The van der Waals surface area contributed by atoms with Crippen molar-refractivity contribution < 1.29 is 8.42 Å². The van der Waals surface area contributed by atoms with E-state index in [1.54, 1.807) is 28.6 Å². The lowest BCUT2D eigenvalue weighted by molar-refractivity contribution is 0.385. The van der Waals surface area contributed by atoms with Crippen LogP contribution in [0.2, 0.25) is 10.0 Å². The van der Waals surface area contributed by atoms with Crippen molar-refractivity contribution in [1.82, 2.24) is 9.29 Å². The van der Waals surface area contributed by atoms with Crippen LogP contribution >= 0.6 is 34.5 Å². The molecule has 2 heterocycles. The summed E-state index contributed by atoms with van der Waals surface area (Å²) in [4.78, 5) is 7.15. The van der Waals surface area contributed by atoms with Crippen molar-refractivity contribution in [1.29, 1.82) is 0 Å². The fourth-order valence-corrected chi connectivity index (χ4v) is 6.02. The Hall–Kier alpha value is -1.64. The molecule has 0 N–H and O–H groups in total. The zero-order chi connectivity index (χ0) is 20.6. The molecule has 29 heavy (non-hydrogen) atoms. The van der Waals surface area contributed by atoms with Gasteiger partial charge in [0.25, 0.3) is 0 Å². The van der Waals surface area contributed by atoms with Gasteiger partial charge >= 0.3 is 0 Å². The minimum absolute atomic E-state index is 0.338. The SMILES string of the molecule is Cc1ccc(S(=O)(=O)N2CCN(c3nc(-c4ccc(Cl)cc4Cl)cs3)CC2)cc1. The normalized spacial score (nSPS) is 15.6. The van der Waals surface area contributed by atoms with E-state index in [1.807, 2.05) is 30.5 Å². The number of sulfonamides is 1. The Morgan fingerprint density at radius 3 is 2.34 bits per heavy atom. The van der Waals surface area contributed by atoms with Gasteiger partial charge in [-0.15, -0.1) is 11.3 Å². The van der Waals surface area contributed by atoms with E-state index in [1.165, 1.54) is 11.3 Å². The summed E-state index contributed by atoms with van der Waals surface area (Å²) in [5.74, 6) is 0. The fourth-order valence-electron chi connectivity index (χ4n) is 3.21. The number of benzene rings is 2. The zero-order valence-corrected chi connectivity index (χ0v) is 18.8. The minimum atomic E-state index is -3.47. The third-order valence-electron chi connectivity index (χ3n) is 4.87. The van der Waals surface area contributed by atoms with Gasteiger partial charge < -0.3 is 4.90 Å². The molecular formula is C20H19Cl2N3O2S2. The van der Waals surface area contributed by atoms with Gasteiger partial charge in [0.2, 0.25) is 10.0 Å². The second-order valence-corrected chi connectivity index (χ2v) is 10.5. The highest BCUT2D eigenvalue weighted by atomic mass is 35.5. The van der Waals surface area contributed by atoms with Gasteiger partial charge in [-0.05, 0) is 37.3 Å². The lowest BCUT2D eigenvalue weighted by Crippen LogP contribution is -2.48. The molecule has 1 aliphatic heterocycles. The Balaban J connectivity index is 1.46. The standard InChI is InChI=1S/C20H19Cl2N3O2S2/c1-14-2-5-16(6-3-14)29(26,27)25-10-8-24(9-11-25)20-23-19(13-28-20)17-7-4-15(21)12-18(17)22/h2-7,12-13H,8-11H2,1H3. The van der Waals surface area contributed by atoms with Crippen LogP contribution in [0.5, 0.6) is 0 Å². The highest BCUT2D eigenvalue weighted by Crippen LogP contribution is 2.34. The van der Waals surface area contributed by atoms with E-state index in [2.05, 4.69) is 4.90 Å². The minimum Gasteiger partial charge on any atom is -0.345 e. The van der Waals surface area contributed by atoms with Crippen molar-refractivity contribution in [3.05, 3.63) is 63.5 Å². The summed E-state index contributed by atoms with van der Waals surface area (Å²) in [6.07, 6.45) is 0. The van der Waals surface area contributed by atoms with Gasteiger partial charge in [-0.25, -0.2) is 13.4 Å². The molecule has 1 aromatic heterocycles. The first-order valence-electron chi connectivity index (χ1n) is 9.07. The van der Waals surface area contributed by atoms with E-state index in [4.69, 9.17) is 28.2 Å². The molecule has 0 saturated carbocycles. The Morgan fingerprint density at radius 1 is 1.00 bits per heavy atom. The molecule has 0 spiro atoms. The zero-order valence-electron chi connectivity index (χ0n) is 15.7. The molecule has 9 heteroatoms. The predicted octanol–water partition coefficient (Wildman–Crippen LogP) is 4.94. The summed E-state index contributed by atoms with van der Waals surface area (Å²) in [5.41, 5.74) is 2.66. The number of nitrogens with zero attached hydrogens (tertiary/aromatic N) is 3. The first kappa shape index (κ1) is 20.6. The average Bonchev–Trinajstić information content (AvgIpc) is 3.18. The largest absolute Gasteiger partial charge is 0.345 e. The molecule has 1 aliphatic rings. The van der Waals surface area contributed by atoms with Crippen LogP contribution in [0.25, 0.3) is 11.3 Å². The first-order valence-corrected chi connectivity index (χ1v) is 12.1. The molecule has 5 nitrogen and oxygen atoms in total. The first-order chi connectivity index (χ1) is 13.8. The summed E-state index contributed by atoms with van der Waals surface area (Å²) in [5, 5.41) is 3.96. The maximum Gasteiger partial charge on any atom is 0.243 e. The van der Waals surface area contributed by atoms with Crippen molar-refractivity contribution in [2.45, 2.75) is 11.8 Å². The van der Waals surface area contributed by atoms with Crippen LogP contribution in [-0.4, -0.2) is 43.9 Å². The van der Waals surface area contributed by atoms with Crippen LogP contribution in [0.1, 0.15) is 5.56 Å². The van der Waals surface area contributed by atoms with Crippen molar-refractivity contribution in [2.24, 2.45) is 0 Å². The molecule has 0 bridgehead atoms. The average molecular weight is 468 g/mol. The van der Waals surface area contributed by atoms with Crippen molar-refractivity contribution >= 4 is 49.7 Å². The molecule has 4 rings (SSSR count). The second kappa shape index (κ2) is 8.24. The maximum atomic E-state index is 12.9. The van der Waals surface area contributed by atoms with Crippen LogP contribution in [0.4, 0.5) is 5.13 Å². The quantitative estimate of drug-likeness (QED) is 0.545. The molecule has 152 valence electrons. The van der Waals surface area contributed by atoms with Gasteiger partial charge in [-0.2, -0.15) is 4.31 Å². The second-order valence-electron chi connectivity index (χ2n) is 6.84. The molecule has 1 saturated heterocycles. The van der Waals surface area contributed by atoms with Crippen molar-refractivity contribution in [2.75, 3.05) is 31.1 Å². The molecule has 2 aromatic carbocycles. The van der Waals surface area contributed by atoms with E-state index < -0.39 is 10.0 Å². The van der Waals surface area contributed by atoms with E-state index >= 15 is 0 Å². The number of aromatic nitrogens is 1. The molecule has 0 radical (unpaired) electrons. The summed E-state index contributed by atoms with van der Waals surface area (Å²) in [6.45, 7) is 3.97. The Labute approximate surface area is 184 Å². The van der Waals surface area contributed by atoms with Crippen LogP contribution in [0.15, 0.2) is 52.7 Å². The monoisotopic (exact) mass is 467 g/mol. The van der Waals surface area contributed by atoms with E-state index in [9.17, 15) is 8.42 Å². The van der Waals surface area contributed by atoms with Gasteiger partial charge in [0.1, 0.15) is 0 Å². The highest BCUT2D eigenvalue weighted by molar-refractivity contribution is 7.89. The summed E-state index contributed by atoms with van der Waals surface area (Å²) < 4.78 is 27.3.